The number of thioether (sulfide) groups is 1. The number of carbonyl (C=O) groups excluding carboxylic acids is 1. The summed E-state index contributed by atoms with van der Waals surface area (Å²) in [4.78, 5) is 24.0. The Balaban J connectivity index is 1.62. The van der Waals surface area contributed by atoms with Crippen molar-refractivity contribution in [3.63, 3.8) is 0 Å². The minimum atomic E-state index is -0.0119. The summed E-state index contributed by atoms with van der Waals surface area (Å²) in [5.74, 6) is 2.29. The van der Waals surface area contributed by atoms with Crippen LogP contribution in [0, 0.1) is 5.92 Å². The van der Waals surface area contributed by atoms with Gasteiger partial charge in [-0.1, -0.05) is 44.7 Å². The van der Waals surface area contributed by atoms with Gasteiger partial charge in [0, 0.05) is 42.7 Å². The summed E-state index contributed by atoms with van der Waals surface area (Å²) in [7, 11) is 0. The molecule has 0 atom stereocenters. The van der Waals surface area contributed by atoms with Crippen LogP contribution in [0.1, 0.15) is 55.2 Å². The van der Waals surface area contributed by atoms with Gasteiger partial charge in [-0.3, -0.25) is 4.79 Å². The first-order valence-corrected chi connectivity index (χ1v) is 11.2. The number of nitrogens with zero attached hydrogens (tertiary/aromatic N) is 3. The second-order valence-electron chi connectivity index (χ2n) is 7.64. The molecule has 1 aromatic heterocycles. The van der Waals surface area contributed by atoms with Crippen LogP contribution in [0.4, 0.5) is 5.82 Å². The van der Waals surface area contributed by atoms with Gasteiger partial charge in [0.05, 0.1) is 0 Å². The molecule has 1 aromatic carbocycles. The second kappa shape index (κ2) is 9.92. The number of benzene rings is 1. The third-order valence-electron chi connectivity index (χ3n) is 4.79. The van der Waals surface area contributed by atoms with E-state index >= 15 is 0 Å². The Bertz CT molecular complexity index is 786. The lowest BCUT2D eigenvalue weighted by molar-refractivity contribution is 0.0949. The van der Waals surface area contributed by atoms with E-state index in [0.29, 0.717) is 18.0 Å². The predicted octanol–water partition coefficient (Wildman–Crippen LogP) is 4.32. The number of aryl methyl sites for hydroxylation is 1. The third-order valence-corrected chi connectivity index (χ3v) is 5.71. The third kappa shape index (κ3) is 5.71. The fraction of sp³-hybridized carbons (Fsp3) is 0.500. The molecule has 0 saturated carbocycles. The fourth-order valence-corrected chi connectivity index (χ4v) is 3.94. The predicted molar refractivity (Wildman–Crippen MR) is 116 cm³/mol. The van der Waals surface area contributed by atoms with Gasteiger partial charge < -0.3 is 10.2 Å². The Hall–Kier alpha value is -2.08. The summed E-state index contributed by atoms with van der Waals surface area (Å²) >= 11 is 1.65. The molecular formula is C22H30N4OS. The normalized spacial score (nSPS) is 13.9. The molecule has 0 spiro atoms. The SMILES string of the molecule is CCc1cc(N2CCCC2)nc(SCc2ccc(C(=O)NCC(C)C)cc2)n1. The first-order valence-electron chi connectivity index (χ1n) is 10.2. The average Bonchev–Trinajstić information content (AvgIpc) is 3.25. The lowest BCUT2D eigenvalue weighted by Crippen LogP contribution is -2.27. The van der Waals surface area contributed by atoms with Crippen LogP contribution < -0.4 is 10.2 Å². The molecule has 1 saturated heterocycles. The molecule has 1 N–H and O–H groups in total. The quantitative estimate of drug-likeness (QED) is 0.530. The van der Waals surface area contributed by atoms with Crippen molar-refractivity contribution >= 4 is 23.5 Å². The van der Waals surface area contributed by atoms with Crippen molar-refractivity contribution in [1.82, 2.24) is 15.3 Å². The summed E-state index contributed by atoms with van der Waals surface area (Å²) < 4.78 is 0. The largest absolute Gasteiger partial charge is 0.356 e. The van der Waals surface area contributed by atoms with E-state index in [-0.39, 0.29) is 5.91 Å². The number of rotatable bonds is 8. The number of anilines is 1. The number of hydrogen-bond acceptors (Lipinski definition) is 5. The minimum absolute atomic E-state index is 0.0119. The molecule has 150 valence electrons. The lowest BCUT2D eigenvalue weighted by Gasteiger charge is -2.17. The molecule has 28 heavy (non-hydrogen) atoms. The first-order chi connectivity index (χ1) is 13.5. The highest BCUT2D eigenvalue weighted by Gasteiger charge is 2.16. The van der Waals surface area contributed by atoms with Crippen LogP contribution in [0.25, 0.3) is 0 Å². The highest BCUT2D eigenvalue weighted by Crippen LogP contribution is 2.25. The van der Waals surface area contributed by atoms with Crippen LogP contribution in [0.5, 0.6) is 0 Å². The van der Waals surface area contributed by atoms with Gasteiger partial charge >= 0.3 is 0 Å². The van der Waals surface area contributed by atoms with Crippen LogP contribution in [-0.2, 0) is 12.2 Å². The molecule has 6 heteroatoms. The van der Waals surface area contributed by atoms with Gasteiger partial charge in [0.15, 0.2) is 5.16 Å². The van der Waals surface area contributed by atoms with E-state index in [1.807, 2.05) is 24.3 Å². The van der Waals surface area contributed by atoms with Gasteiger partial charge in [0.2, 0.25) is 0 Å². The molecular weight excluding hydrogens is 368 g/mol. The molecule has 1 fully saturated rings. The smallest absolute Gasteiger partial charge is 0.251 e. The van der Waals surface area contributed by atoms with E-state index in [1.165, 1.54) is 18.4 Å². The summed E-state index contributed by atoms with van der Waals surface area (Å²) in [5, 5.41) is 3.79. The summed E-state index contributed by atoms with van der Waals surface area (Å²) in [5.41, 5.74) is 2.96. The highest BCUT2D eigenvalue weighted by molar-refractivity contribution is 7.98. The van der Waals surface area contributed by atoms with Crippen molar-refractivity contribution in [3.05, 3.63) is 47.2 Å². The van der Waals surface area contributed by atoms with Crippen LogP contribution in [-0.4, -0.2) is 35.5 Å². The molecule has 1 amide bonds. The fourth-order valence-electron chi connectivity index (χ4n) is 3.11. The van der Waals surface area contributed by atoms with E-state index in [9.17, 15) is 4.79 Å². The molecule has 1 aliphatic heterocycles. The van der Waals surface area contributed by atoms with Crippen LogP contribution in [0.2, 0.25) is 0 Å². The van der Waals surface area contributed by atoms with Gasteiger partial charge in [-0.15, -0.1) is 0 Å². The zero-order valence-electron chi connectivity index (χ0n) is 17.1. The standard InChI is InChI=1S/C22H30N4OS/c1-4-19-13-20(26-11-5-6-12-26)25-22(24-19)28-15-17-7-9-18(10-8-17)21(27)23-14-16(2)3/h7-10,13,16H,4-6,11-12,14-15H2,1-3H3,(H,23,27). The Morgan fingerprint density at radius 2 is 1.89 bits per heavy atom. The highest BCUT2D eigenvalue weighted by atomic mass is 32.2. The maximum absolute atomic E-state index is 12.1. The number of nitrogens with one attached hydrogen (secondary N) is 1. The van der Waals surface area contributed by atoms with Crippen LogP contribution in [0.3, 0.4) is 0 Å². The number of carbonyl (C=O) groups is 1. The van der Waals surface area contributed by atoms with Crippen molar-refractivity contribution in [2.45, 2.75) is 50.9 Å². The topological polar surface area (TPSA) is 58.1 Å². The number of amides is 1. The van der Waals surface area contributed by atoms with Gasteiger partial charge in [-0.25, -0.2) is 9.97 Å². The zero-order valence-corrected chi connectivity index (χ0v) is 17.9. The van der Waals surface area contributed by atoms with E-state index in [1.54, 1.807) is 11.8 Å². The minimum Gasteiger partial charge on any atom is -0.356 e. The first kappa shape index (κ1) is 20.6. The molecule has 0 bridgehead atoms. The van der Waals surface area contributed by atoms with Crippen molar-refractivity contribution in [3.8, 4) is 0 Å². The second-order valence-corrected chi connectivity index (χ2v) is 8.58. The van der Waals surface area contributed by atoms with Gasteiger partial charge in [0.25, 0.3) is 5.91 Å². The summed E-state index contributed by atoms with van der Waals surface area (Å²) in [6, 6.07) is 9.94. The number of hydrogen-bond donors (Lipinski definition) is 1. The van der Waals surface area contributed by atoms with E-state index in [2.05, 4.69) is 42.0 Å². The lowest BCUT2D eigenvalue weighted by atomic mass is 10.1. The number of aromatic nitrogens is 2. The molecule has 5 nitrogen and oxygen atoms in total. The Labute approximate surface area is 172 Å². The molecule has 2 heterocycles. The van der Waals surface area contributed by atoms with Crippen LogP contribution in [0.15, 0.2) is 35.5 Å². The van der Waals surface area contributed by atoms with Crippen molar-refractivity contribution in [2.24, 2.45) is 5.92 Å². The molecule has 0 radical (unpaired) electrons. The summed E-state index contributed by atoms with van der Waals surface area (Å²) in [6.45, 7) is 9.18. The van der Waals surface area contributed by atoms with Gasteiger partial charge in [-0.05, 0) is 42.9 Å². The van der Waals surface area contributed by atoms with E-state index in [4.69, 9.17) is 4.98 Å². The van der Waals surface area contributed by atoms with E-state index < -0.39 is 0 Å². The van der Waals surface area contributed by atoms with E-state index in [0.717, 1.165) is 41.9 Å². The molecule has 3 rings (SSSR count). The molecule has 1 aliphatic rings. The zero-order chi connectivity index (χ0) is 19.9. The summed E-state index contributed by atoms with van der Waals surface area (Å²) in [6.07, 6.45) is 3.40. The van der Waals surface area contributed by atoms with Crippen molar-refractivity contribution < 1.29 is 4.79 Å². The molecule has 0 unspecified atom stereocenters. The van der Waals surface area contributed by atoms with Crippen LogP contribution >= 0.6 is 11.8 Å². The Morgan fingerprint density at radius 3 is 2.54 bits per heavy atom. The Kier molecular flexibility index (Phi) is 7.31. The van der Waals surface area contributed by atoms with Gasteiger partial charge in [-0.2, -0.15) is 0 Å². The maximum Gasteiger partial charge on any atom is 0.251 e. The Morgan fingerprint density at radius 1 is 1.18 bits per heavy atom. The molecule has 2 aromatic rings. The monoisotopic (exact) mass is 398 g/mol. The average molecular weight is 399 g/mol. The van der Waals surface area contributed by atoms with Crippen molar-refractivity contribution in [2.75, 3.05) is 24.5 Å². The molecule has 0 aliphatic carbocycles. The van der Waals surface area contributed by atoms with Gasteiger partial charge in [0.1, 0.15) is 5.82 Å². The van der Waals surface area contributed by atoms with Crippen molar-refractivity contribution in [1.29, 1.82) is 0 Å². The maximum atomic E-state index is 12.1.